The molecule has 2 heterocycles. The molecule has 32 heavy (non-hydrogen) atoms. The molecule has 0 saturated heterocycles. The van der Waals surface area contributed by atoms with Gasteiger partial charge in [-0.25, -0.2) is 9.97 Å². The van der Waals surface area contributed by atoms with E-state index in [-0.39, 0.29) is 13.2 Å². The predicted molar refractivity (Wildman–Crippen MR) is 133 cm³/mol. The van der Waals surface area contributed by atoms with E-state index in [0.717, 1.165) is 22.1 Å². The molecule has 6 rings (SSSR count). The molecule has 0 amide bonds. The summed E-state index contributed by atoms with van der Waals surface area (Å²) < 4.78 is 0. The molecule has 158 valence electrons. The van der Waals surface area contributed by atoms with Crippen LogP contribution in [0.15, 0.2) is 109 Å². The molecule has 0 radical (unpaired) electrons. The number of hydrogen-bond donors (Lipinski definition) is 2. The van der Waals surface area contributed by atoms with Gasteiger partial charge in [0.1, 0.15) is 0 Å². The van der Waals surface area contributed by atoms with Gasteiger partial charge in [-0.15, -0.1) is 0 Å². The summed E-state index contributed by atoms with van der Waals surface area (Å²) in [5, 5.41) is 20.1. The lowest BCUT2D eigenvalue weighted by Gasteiger charge is -1.99. The normalized spacial score (nSPS) is 10.4. The number of nitrogens with zero attached hydrogens (tertiary/aromatic N) is 2. The van der Waals surface area contributed by atoms with Gasteiger partial charge in [0.15, 0.2) is 0 Å². The van der Waals surface area contributed by atoms with E-state index in [1.165, 1.54) is 21.5 Å². The zero-order valence-electron chi connectivity index (χ0n) is 17.6. The van der Waals surface area contributed by atoms with Crippen molar-refractivity contribution in [3.8, 4) is 0 Å². The highest BCUT2D eigenvalue weighted by Gasteiger charge is 1.97. The fraction of sp³-hybridized carbons (Fsp3) is 0.0714. The van der Waals surface area contributed by atoms with Crippen LogP contribution in [0.25, 0.3) is 43.6 Å². The summed E-state index contributed by atoms with van der Waals surface area (Å²) in [4.78, 5) is 9.16. The van der Waals surface area contributed by atoms with Crippen LogP contribution in [0.4, 0.5) is 0 Å². The predicted octanol–water partition coefficient (Wildman–Crippen LogP) is 5.75. The lowest BCUT2D eigenvalue weighted by atomic mass is 10.1. The van der Waals surface area contributed by atoms with Gasteiger partial charge in [0, 0.05) is 21.5 Å². The molecule has 0 saturated carbocycles. The fourth-order valence-electron chi connectivity index (χ4n) is 3.44. The molecule has 0 atom stereocenters. The lowest BCUT2D eigenvalue weighted by molar-refractivity contribution is 0.186. The summed E-state index contributed by atoms with van der Waals surface area (Å²) in [5.74, 6) is 0. The van der Waals surface area contributed by atoms with Crippen molar-refractivity contribution in [1.29, 1.82) is 0 Å². The van der Waals surface area contributed by atoms with Crippen LogP contribution in [0.1, 0.15) is 0 Å². The Kier molecular flexibility index (Phi) is 6.98. The molecule has 0 aliphatic rings. The third-order valence-corrected chi connectivity index (χ3v) is 4.95. The maximum Gasteiger partial charge on any atom is 0.0709 e. The molecule has 4 aromatic carbocycles. The van der Waals surface area contributed by atoms with Crippen molar-refractivity contribution in [2.45, 2.75) is 0 Å². The van der Waals surface area contributed by atoms with E-state index in [2.05, 4.69) is 46.4 Å². The summed E-state index contributed by atoms with van der Waals surface area (Å²) in [6.07, 6.45) is 0. The molecule has 0 spiro atoms. The second-order valence-corrected chi connectivity index (χ2v) is 7.19. The number of rotatable bonds is 1. The van der Waals surface area contributed by atoms with Gasteiger partial charge in [-0.05, 0) is 36.4 Å². The SMILES string of the molecule is OCCO.c1ccc2nc3ccccc3cc2c1.c1ccc2nc3ccccc3cc2c1. The minimum Gasteiger partial charge on any atom is -0.394 e. The first-order chi connectivity index (χ1) is 15.8. The average molecular weight is 421 g/mol. The average Bonchev–Trinajstić information content (AvgIpc) is 2.86. The van der Waals surface area contributed by atoms with Crippen LogP contribution in [0.3, 0.4) is 0 Å². The summed E-state index contributed by atoms with van der Waals surface area (Å²) in [6.45, 7) is -0.250. The van der Waals surface area contributed by atoms with Gasteiger partial charge < -0.3 is 10.2 Å². The molecule has 2 aromatic heterocycles. The van der Waals surface area contributed by atoms with E-state index in [1.807, 2.05) is 72.8 Å². The van der Waals surface area contributed by atoms with E-state index >= 15 is 0 Å². The summed E-state index contributed by atoms with van der Waals surface area (Å²) in [6, 6.07) is 37.1. The molecule has 4 heteroatoms. The Morgan fingerprint density at radius 3 is 0.906 bits per heavy atom. The zero-order valence-corrected chi connectivity index (χ0v) is 17.6. The third-order valence-electron chi connectivity index (χ3n) is 4.95. The zero-order chi connectivity index (χ0) is 22.2. The van der Waals surface area contributed by atoms with Crippen LogP contribution in [-0.2, 0) is 0 Å². The van der Waals surface area contributed by atoms with Crippen LogP contribution < -0.4 is 0 Å². The topological polar surface area (TPSA) is 66.2 Å². The first kappa shape index (κ1) is 21.4. The summed E-state index contributed by atoms with van der Waals surface area (Å²) >= 11 is 0. The number of para-hydroxylation sites is 4. The van der Waals surface area contributed by atoms with E-state index < -0.39 is 0 Å². The Morgan fingerprint density at radius 1 is 0.406 bits per heavy atom. The van der Waals surface area contributed by atoms with E-state index in [4.69, 9.17) is 10.2 Å². The van der Waals surface area contributed by atoms with Crippen molar-refractivity contribution >= 4 is 43.6 Å². The van der Waals surface area contributed by atoms with Crippen molar-refractivity contribution in [2.24, 2.45) is 0 Å². The Bertz CT molecular complexity index is 1140. The van der Waals surface area contributed by atoms with Crippen LogP contribution >= 0.6 is 0 Å². The highest BCUT2D eigenvalue weighted by atomic mass is 16.3. The molecular formula is C28H24N2O2. The number of aromatic nitrogens is 2. The first-order valence-electron chi connectivity index (χ1n) is 10.5. The van der Waals surface area contributed by atoms with Crippen molar-refractivity contribution in [3.05, 3.63) is 109 Å². The van der Waals surface area contributed by atoms with Gasteiger partial charge in [0.05, 0.1) is 35.3 Å². The number of pyridine rings is 2. The number of benzene rings is 4. The number of aliphatic hydroxyl groups is 2. The Hall–Kier alpha value is -3.86. The lowest BCUT2D eigenvalue weighted by Crippen LogP contribution is -1.85. The van der Waals surface area contributed by atoms with Gasteiger partial charge in [-0.1, -0.05) is 72.8 Å². The van der Waals surface area contributed by atoms with Crippen molar-refractivity contribution in [3.63, 3.8) is 0 Å². The maximum absolute atomic E-state index is 7.62. The third kappa shape index (κ3) is 5.06. The summed E-state index contributed by atoms with van der Waals surface area (Å²) in [7, 11) is 0. The van der Waals surface area contributed by atoms with Gasteiger partial charge >= 0.3 is 0 Å². The Morgan fingerprint density at radius 2 is 0.656 bits per heavy atom. The van der Waals surface area contributed by atoms with Gasteiger partial charge in [-0.2, -0.15) is 0 Å². The standard InChI is InChI=1S/2C13H9N.C2H6O2/c2*1-3-7-12-10(5-1)9-11-6-2-4-8-13(11)14-12;3-1-2-4/h2*1-9H;3-4H,1-2H2. The fourth-order valence-corrected chi connectivity index (χ4v) is 3.44. The second kappa shape index (κ2) is 10.4. The molecule has 0 fully saturated rings. The Labute approximate surface area is 186 Å². The first-order valence-corrected chi connectivity index (χ1v) is 10.5. The number of aliphatic hydroxyl groups excluding tert-OH is 2. The van der Waals surface area contributed by atoms with Gasteiger partial charge in [0.2, 0.25) is 0 Å². The maximum atomic E-state index is 7.62. The van der Waals surface area contributed by atoms with E-state index in [1.54, 1.807) is 0 Å². The largest absolute Gasteiger partial charge is 0.394 e. The monoisotopic (exact) mass is 420 g/mol. The van der Waals surface area contributed by atoms with Crippen LogP contribution in [0, 0.1) is 0 Å². The van der Waals surface area contributed by atoms with E-state index in [0.29, 0.717) is 0 Å². The molecule has 0 aliphatic heterocycles. The molecule has 0 bridgehead atoms. The van der Waals surface area contributed by atoms with Crippen LogP contribution in [-0.4, -0.2) is 33.4 Å². The molecule has 6 aromatic rings. The van der Waals surface area contributed by atoms with Gasteiger partial charge in [-0.3, -0.25) is 0 Å². The molecule has 4 nitrogen and oxygen atoms in total. The Balaban J connectivity index is 0.000000132. The van der Waals surface area contributed by atoms with Crippen LogP contribution in [0.5, 0.6) is 0 Å². The summed E-state index contributed by atoms with van der Waals surface area (Å²) in [5.41, 5.74) is 4.25. The van der Waals surface area contributed by atoms with Crippen molar-refractivity contribution in [2.75, 3.05) is 13.2 Å². The van der Waals surface area contributed by atoms with Crippen molar-refractivity contribution < 1.29 is 10.2 Å². The molecule has 0 aliphatic carbocycles. The molecule has 2 N–H and O–H groups in total. The second-order valence-electron chi connectivity index (χ2n) is 7.19. The highest BCUT2D eigenvalue weighted by molar-refractivity contribution is 5.93. The number of hydrogen-bond acceptors (Lipinski definition) is 4. The quantitative estimate of drug-likeness (QED) is 0.333. The molecular weight excluding hydrogens is 396 g/mol. The minimum absolute atomic E-state index is 0.125. The van der Waals surface area contributed by atoms with Crippen LogP contribution in [0.2, 0.25) is 0 Å². The van der Waals surface area contributed by atoms with Crippen molar-refractivity contribution in [1.82, 2.24) is 9.97 Å². The van der Waals surface area contributed by atoms with Gasteiger partial charge in [0.25, 0.3) is 0 Å². The minimum atomic E-state index is -0.125. The van der Waals surface area contributed by atoms with E-state index in [9.17, 15) is 0 Å². The highest BCUT2D eigenvalue weighted by Crippen LogP contribution is 2.19. The smallest absolute Gasteiger partial charge is 0.0709 e. The molecule has 0 unspecified atom stereocenters. The number of fused-ring (bicyclic) bond motifs is 4.